The van der Waals surface area contributed by atoms with E-state index in [0.717, 1.165) is 40.2 Å². The number of amides is 1. The number of carbonyl (C=O) groups is 1. The van der Waals surface area contributed by atoms with E-state index in [4.69, 9.17) is 5.10 Å². The van der Waals surface area contributed by atoms with E-state index in [1.54, 1.807) is 11.3 Å². The van der Waals surface area contributed by atoms with Crippen LogP contribution in [0.25, 0.3) is 10.2 Å². The predicted octanol–water partition coefficient (Wildman–Crippen LogP) is 4.86. The number of hydrogen-bond donors (Lipinski definition) is 0. The standard InChI is InChI=1S/C21H25N3OS/c1-14-8-7-9-15(2)24(14)20(25)19-12-18-16(3)22-23(21(18)26-19)13-17-10-5-4-6-11-17/h4-6,10-12,14-15H,7-9,13H2,1-3H3. The number of likely N-dealkylation sites (tertiary alicyclic amines) is 1. The van der Waals surface area contributed by atoms with E-state index in [2.05, 4.69) is 30.9 Å². The molecule has 1 amide bonds. The van der Waals surface area contributed by atoms with Gasteiger partial charge in [-0.3, -0.25) is 9.48 Å². The number of benzene rings is 1. The van der Waals surface area contributed by atoms with Crippen molar-refractivity contribution in [3.8, 4) is 0 Å². The van der Waals surface area contributed by atoms with E-state index in [9.17, 15) is 4.79 Å². The summed E-state index contributed by atoms with van der Waals surface area (Å²) in [4.78, 5) is 17.2. The molecule has 0 spiro atoms. The molecule has 3 aromatic rings. The highest BCUT2D eigenvalue weighted by atomic mass is 32.1. The molecule has 1 aliphatic rings. The van der Waals surface area contributed by atoms with Gasteiger partial charge in [0.05, 0.1) is 17.1 Å². The summed E-state index contributed by atoms with van der Waals surface area (Å²) in [6, 6.07) is 13.0. The number of thiophene rings is 1. The fourth-order valence-corrected chi connectivity index (χ4v) is 5.14. The van der Waals surface area contributed by atoms with Gasteiger partial charge in [0.1, 0.15) is 4.83 Å². The summed E-state index contributed by atoms with van der Waals surface area (Å²) in [5.74, 6) is 0.177. The zero-order chi connectivity index (χ0) is 18.3. The first-order chi connectivity index (χ1) is 12.5. The zero-order valence-electron chi connectivity index (χ0n) is 15.6. The molecule has 3 heterocycles. The van der Waals surface area contributed by atoms with Crippen LogP contribution in [-0.4, -0.2) is 32.7 Å². The van der Waals surface area contributed by atoms with Crippen LogP contribution in [-0.2, 0) is 6.54 Å². The van der Waals surface area contributed by atoms with Crippen molar-refractivity contribution in [3.05, 3.63) is 52.5 Å². The van der Waals surface area contributed by atoms with E-state index in [1.807, 2.05) is 35.9 Å². The average molecular weight is 368 g/mol. The van der Waals surface area contributed by atoms with Crippen molar-refractivity contribution in [1.82, 2.24) is 14.7 Å². The number of rotatable bonds is 3. The van der Waals surface area contributed by atoms with Crippen LogP contribution in [0.4, 0.5) is 0 Å². The SMILES string of the molecule is Cc1nn(Cc2ccccc2)c2sc(C(=O)N3C(C)CCCC3C)cc12. The largest absolute Gasteiger partial charge is 0.333 e. The first kappa shape index (κ1) is 17.3. The van der Waals surface area contributed by atoms with Crippen molar-refractivity contribution >= 4 is 27.5 Å². The molecule has 4 nitrogen and oxygen atoms in total. The van der Waals surface area contributed by atoms with Gasteiger partial charge in [0.2, 0.25) is 0 Å². The summed E-state index contributed by atoms with van der Waals surface area (Å²) >= 11 is 1.58. The van der Waals surface area contributed by atoms with Crippen molar-refractivity contribution < 1.29 is 4.79 Å². The highest BCUT2D eigenvalue weighted by Crippen LogP contribution is 2.32. The number of aryl methyl sites for hydroxylation is 1. The minimum absolute atomic E-state index is 0.177. The van der Waals surface area contributed by atoms with Gasteiger partial charge in [-0.15, -0.1) is 11.3 Å². The van der Waals surface area contributed by atoms with Gasteiger partial charge < -0.3 is 4.90 Å². The summed E-state index contributed by atoms with van der Waals surface area (Å²) in [6.45, 7) is 7.10. The predicted molar refractivity (Wildman–Crippen MR) is 107 cm³/mol. The van der Waals surface area contributed by atoms with Crippen LogP contribution in [0.1, 0.15) is 54.0 Å². The molecular weight excluding hydrogens is 342 g/mol. The van der Waals surface area contributed by atoms with Crippen molar-refractivity contribution in [2.75, 3.05) is 0 Å². The summed E-state index contributed by atoms with van der Waals surface area (Å²) in [5, 5.41) is 5.79. The zero-order valence-corrected chi connectivity index (χ0v) is 16.4. The van der Waals surface area contributed by atoms with Gasteiger partial charge in [0.25, 0.3) is 5.91 Å². The topological polar surface area (TPSA) is 38.1 Å². The fourth-order valence-electron chi connectivity index (χ4n) is 4.03. The van der Waals surface area contributed by atoms with Crippen molar-refractivity contribution in [2.45, 2.75) is 58.7 Å². The Morgan fingerprint density at radius 1 is 1.19 bits per heavy atom. The second-order valence-corrected chi connectivity index (χ2v) is 8.43. The van der Waals surface area contributed by atoms with Gasteiger partial charge in [0.15, 0.2) is 0 Å². The Bertz CT molecular complexity index is 918. The summed E-state index contributed by atoms with van der Waals surface area (Å²) in [5.41, 5.74) is 2.21. The fraction of sp³-hybridized carbons (Fsp3) is 0.429. The lowest BCUT2D eigenvalue weighted by atomic mass is 9.97. The van der Waals surface area contributed by atoms with Crippen LogP contribution in [0, 0.1) is 6.92 Å². The molecule has 5 heteroatoms. The van der Waals surface area contributed by atoms with E-state index >= 15 is 0 Å². The van der Waals surface area contributed by atoms with Gasteiger partial charge in [-0.1, -0.05) is 30.3 Å². The summed E-state index contributed by atoms with van der Waals surface area (Å²) < 4.78 is 2.03. The molecule has 136 valence electrons. The Hall–Kier alpha value is -2.14. The molecule has 2 aromatic heterocycles. The Balaban J connectivity index is 1.67. The lowest BCUT2D eigenvalue weighted by Gasteiger charge is -2.38. The molecule has 1 fully saturated rings. The highest BCUT2D eigenvalue weighted by molar-refractivity contribution is 7.20. The summed E-state index contributed by atoms with van der Waals surface area (Å²) in [7, 11) is 0. The lowest BCUT2D eigenvalue weighted by molar-refractivity contribution is 0.0516. The quantitative estimate of drug-likeness (QED) is 0.663. The second kappa shape index (κ2) is 6.88. The van der Waals surface area contributed by atoms with E-state index in [1.165, 1.54) is 12.0 Å². The second-order valence-electron chi connectivity index (χ2n) is 7.40. The average Bonchev–Trinajstić information content (AvgIpc) is 3.17. The van der Waals surface area contributed by atoms with Crippen molar-refractivity contribution in [2.24, 2.45) is 0 Å². The van der Waals surface area contributed by atoms with E-state index in [-0.39, 0.29) is 5.91 Å². The molecular formula is C21H25N3OS. The molecule has 1 aliphatic heterocycles. The molecule has 0 bridgehead atoms. The maximum Gasteiger partial charge on any atom is 0.264 e. The van der Waals surface area contributed by atoms with E-state index in [0.29, 0.717) is 12.1 Å². The normalized spacial score (nSPS) is 20.7. The van der Waals surface area contributed by atoms with Gasteiger partial charge in [0, 0.05) is 17.5 Å². The molecule has 4 rings (SSSR count). The number of carbonyl (C=O) groups excluding carboxylic acids is 1. The molecule has 0 radical (unpaired) electrons. The summed E-state index contributed by atoms with van der Waals surface area (Å²) in [6.07, 6.45) is 3.41. The molecule has 1 saturated heterocycles. The first-order valence-corrected chi connectivity index (χ1v) is 10.2. The molecule has 1 aromatic carbocycles. The van der Waals surface area contributed by atoms with Gasteiger partial charge >= 0.3 is 0 Å². The number of hydrogen-bond acceptors (Lipinski definition) is 3. The molecule has 26 heavy (non-hydrogen) atoms. The molecule has 2 unspecified atom stereocenters. The molecule has 0 aliphatic carbocycles. The number of fused-ring (bicyclic) bond motifs is 1. The molecule has 0 N–H and O–H groups in total. The third kappa shape index (κ3) is 3.05. The number of nitrogens with zero attached hydrogens (tertiary/aromatic N) is 3. The molecule has 2 atom stereocenters. The Morgan fingerprint density at radius 3 is 2.58 bits per heavy atom. The van der Waals surface area contributed by atoms with Crippen LogP contribution in [0.5, 0.6) is 0 Å². The monoisotopic (exact) mass is 367 g/mol. The maximum absolute atomic E-state index is 13.2. The highest BCUT2D eigenvalue weighted by Gasteiger charge is 2.31. The van der Waals surface area contributed by atoms with Crippen LogP contribution in [0.3, 0.4) is 0 Å². The maximum atomic E-state index is 13.2. The minimum atomic E-state index is 0.177. The van der Waals surface area contributed by atoms with Crippen LogP contribution < -0.4 is 0 Å². The van der Waals surface area contributed by atoms with Crippen molar-refractivity contribution in [3.63, 3.8) is 0 Å². The first-order valence-electron chi connectivity index (χ1n) is 9.38. The smallest absolute Gasteiger partial charge is 0.264 e. The third-order valence-corrected chi connectivity index (χ3v) is 6.56. The Labute approximate surface area is 158 Å². The lowest BCUT2D eigenvalue weighted by Crippen LogP contribution is -2.47. The van der Waals surface area contributed by atoms with Gasteiger partial charge in [-0.2, -0.15) is 5.10 Å². The number of aromatic nitrogens is 2. The Kier molecular flexibility index (Phi) is 4.57. The van der Waals surface area contributed by atoms with E-state index < -0.39 is 0 Å². The third-order valence-electron chi connectivity index (χ3n) is 5.42. The van der Waals surface area contributed by atoms with Crippen LogP contribution in [0.2, 0.25) is 0 Å². The van der Waals surface area contributed by atoms with Crippen LogP contribution in [0.15, 0.2) is 36.4 Å². The van der Waals surface area contributed by atoms with Gasteiger partial charge in [-0.25, -0.2) is 0 Å². The Morgan fingerprint density at radius 2 is 1.88 bits per heavy atom. The minimum Gasteiger partial charge on any atom is -0.333 e. The van der Waals surface area contributed by atoms with Crippen molar-refractivity contribution in [1.29, 1.82) is 0 Å². The van der Waals surface area contributed by atoms with Crippen LogP contribution >= 0.6 is 11.3 Å². The number of piperidine rings is 1. The molecule has 0 saturated carbocycles. The van der Waals surface area contributed by atoms with Gasteiger partial charge in [-0.05, 0) is 51.7 Å².